The van der Waals surface area contributed by atoms with Crippen LogP contribution < -0.4 is 9.64 Å². The average Bonchev–Trinajstić information content (AvgIpc) is 3.40. The zero-order valence-electron chi connectivity index (χ0n) is 15.2. The van der Waals surface area contributed by atoms with Gasteiger partial charge < -0.3 is 14.5 Å². The Kier molecular flexibility index (Phi) is 5.11. The molecule has 3 heterocycles. The normalized spacial score (nSPS) is 14.4. The molecule has 3 aromatic rings. The molecule has 140 valence electrons. The molecule has 0 unspecified atom stereocenters. The summed E-state index contributed by atoms with van der Waals surface area (Å²) in [7, 11) is 0. The van der Waals surface area contributed by atoms with E-state index < -0.39 is 0 Å². The number of hydrogen-bond donors (Lipinski definition) is 1. The molecule has 2 aromatic heterocycles. The molecule has 1 saturated heterocycles. The van der Waals surface area contributed by atoms with Gasteiger partial charge in [0.25, 0.3) is 5.91 Å². The van der Waals surface area contributed by atoms with Gasteiger partial charge in [0.2, 0.25) is 0 Å². The first-order valence-electron chi connectivity index (χ1n) is 9.11. The Bertz CT molecular complexity index is 898. The fraction of sp³-hybridized carbons (Fsp3) is 0.300. The van der Waals surface area contributed by atoms with Gasteiger partial charge in [-0.25, -0.2) is 0 Å². The molecule has 6 nitrogen and oxygen atoms in total. The van der Waals surface area contributed by atoms with Crippen molar-refractivity contribution >= 4 is 22.9 Å². The lowest BCUT2D eigenvalue weighted by molar-refractivity contribution is 0.0747. The van der Waals surface area contributed by atoms with Crippen LogP contribution in [-0.4, -0.2) is 53.8 Å². The lowest BCUT2D eigenvalue weighted by atomic mass is 10.1. The van der Waals surface area contributed by atoms with Crippen molar-refractivity contribution in [2.45, 2.75) is 6.92 Å². The van der Waals surface area contributed by atoms with Crippen LogP contribution in [0.25, 0.3) is 10.6 Å². The molecule has 0 bridgehead atoms. The van der Waals surface area contributed by atoms with Crippen LogP contribution in [0.15, 0.2) is 48.0 Å². The number of amides is 1. The lowest BCUT2D eigenvalue weighted by Crippen LogP contribution is -2.48. The minimum Gasteiger partial charge on any atom is -0.492 e. The van der Waals surface area contributed by atoms with Gasteiger partial charge in [-0.3, -0.25) is 9.89 Å². The summed E-state index contributed by atoms with van der Waals surface area (Å²) >= 11 is 1.60. The van der Waals surface area contributed by atoms with Crippen LogP contribution in [0.3, 0.4) is 0 Å². The predicted molar refractivity (Wildman–Crippen MR) is 108 cm³/mol. The summed E-state index contributed by atoms with van der Waals surface area (Å²) in [6, 6.07) is 12.1. The smallest absolute Gasteiger partial charge is 0.257 e. The van der Waals surface area contributed by atoms with Gasteiger partial charge in [-0.05, 0) is 30.5 Å². The minimum atomic E-state index is 0.0323. The number of aromatic nitrogens is 2. The highest BCUT2D eigenvalue weighted by molar-refractivity contribution is 7.13. The van der Waals surface area contributed by atoms with Crippen LogP contribution in [-0.2, 0) is 0 Å². The van der Waals surface area contributed by atoms with Gasteiger partial charge in [0.15, 0.2) is 0 Å². The molecule has 0 saturated carbocycles. The molecule has 27 heavy (non-hydrogen) atoms. The molecule has 0 spiro atoms. The fourth-order valence-electron chi connectivity index (χ4n) is 3.37. The lowest BCUT2D eigenvalue weighted by Gasteiger charge is -2.36. The third kappa shape index (κ3) is 3.55. The molecule has 1 aliphatic rings. The van der Waals surface area contributed by atoms with Crippen molar-refractivity contribution in [3.05, 3.63) is 53.5 Å². The number of ether oxygens (including phenoxy) is 1. The fourth-order valence-corrected chi connectivity index (χ4v) is 4.11. The van der Waals surface area contributed by atoms with Crippen LogP contribution in [0.1, 0.15) is 17.3 Å². The summed E-state index contributed by atoms with van der Waals surface area (Å²) in [5.74, 6) is 0.930. The summed E-state index contributed by atoms with van der Waals surface area (Å²) < 4.78 is 5.75. The number of para-hydroxylation sites is 2. The van der Waals surface area contributed by atoms with Crippen molar-refractivity contribution in [3.8, 4) is 16.3 Å². The first kappa shape index (κ1) is 17.6. The minimum absolute atomic E-state index is 0.0323. The van der Waals surface area contributed by atoms with Crippen LogP contribution in [0, 0.1) is 0 Å². The number of carbonyl (C=O) groups is 1. The number of thiophene rings is 1. The Labute approximate surface area is 162 Å². The highest BCUT2D eigenvalue weighted by atomic mass is 32.1. The van der Waals surface area contributed by atoms with Crippen LogP contribution in [0.4, 0.5) is 5.69 Å². The number of hydrogen-bond acceptors (Lipinski definition) is 5. The second-order valence-corrected chi connectivity index (χ2v) is 7.26. The second kappa shape index (κ2) is 7.84. The zero-order chi connectivity index (χ0) is 18.6. The molecule has 1 fully saturated rings. The SMILES string of the molecule is CCOc1ccccc1N1CCN(C(=O)c2cn[nH]c2-c2cccs2)CC1. The summed E-state index contributed by atoms with van der Waals surface area (Å²) in [5, 5.41) is 9.07. The highest BCUT2D eigenvalue weighted by Crippen LogP contribution is 2.30. The third-order valence-electron chi connectivity index (χ3n) is 4.71. The van der Waals surface area contributed by atoms with E-state index in [-0.39, 0.29) is 5.91 Å². The van der Waals surface area contributed by atoms with Gasteiger partial charge >= 0.3 is 0 Å². The van der Waals surface area contributed by atoms with E-state index >= 15 is 0 Å². The van der Waals surface area contributed by atoms with Crippen molar-refractivity contribution in [2.24, 2.45) is 0 Å². The van der Waals surface area contributed by atoms with Crippen LogP contribution in [0.2, 0.25) is 0 Å². The Hall–Kier alpha value is -2.80. The van der Waals surface area contributed by atoms with Gasteiger partial charge in [0.05, 0.1) is 34.6 Å². The van der Waals surface area contributed by atoms with E-state index in [0.29, 0.717) is 25.3 Å². The van der Waals surface area contributed by atoms with E-state index in [4.69, 9.17) is 4.74 Å². The summed E-state index contributed by atoms with van der Waals surface area (Å²) in [5.41, 5.74) is 2.54. The third-order valence-corrected chi connectivity index (χ3v) is 5.60. The quantitative estimate of drug-likeness (QED) is 0.734. The monoisotopic (exact) mass is 382 g/mol. The van der Waals surface area contributed by atoms with E-state index in [9.17, 15) is 4.79 Å². The molecule has 1 amide bonds. The van der Waals surface area contributed by atoms with Crippen LogP contribution >= 0.6 is 11.3 Å². The summed E-state index contributed by atoms with van der Waals surface area (Å²) in [4.78, 5) is 18.2. The highest BCUT2D eigenvalue weighted by Gasteiger charge is 2.26. The van der Waals surface area contributed by atoms with Crippen LogP contribution in [0.5, 0.6) is 5.75 Å². The largest absolute Gasteiger partial charge is 0.492 e. The number of H-pyrrole nitrogens is 1. The van der Waals surface area contributed by atoms with Gasteiger partial charge in [-0.2, -0.15) is 5.10 Å². The van der Waals surface area contributed by atoms with E-state index in [1.54, 1.807) is 17.5 Å². The average molecular weight is 382 g/mol. The Morgan fingerprint density at radius 2 is 2.00 bits per heavy atom. The number of rotatable bonds is 5. The van der Waals surface area contributed by atoms with Crippen molar-refractivity contribution in [1.29, 1.82) is 0 Å². The first-order valence-corrected chi connectivity index (χ1v) is 9.99. The van der Waals surface area contributed by atoms with Crippen molar-refractivity contribution < 1.29 is 9.53 Å². The van der Waals surface area contributed by atoms with Gasteiger partial charge in [0.1, 0.15) is 5.75 Å². The number of benzene rings is 1. The van der Waals surface area contributed by atoms with Crippen molar-refractivity contribution in [1.82, 2.24) is 15.1 Å². The van der Waals surface area contributed by atoms with E-state index in [1.165, 1.54) is 0 Å². The number of nitrogens with zero attached hydrogens (tertiary/aromatic N) is 3. The molecule has 1 aliphatic heterocycles. The maximum atomic E-state index is 13.0. The molecular formula is C20H22N4O2S. The Balaban J connectivity index is 1.46. The molecule has 4 rings (SSSR count). The summed E-state index contributed by atoms with van der Waals surface area (Å²) in [6.45, 7) is 5.54. The van der Waals surface area contributed by atoms with Gasteiger partial charge in [-0.15, -0.1) is 11.3 Å². The Morgan fingerprint density at radius 1 is 1.19 bits per heavy atom. The van der Waals surface area contributed by atoms with Gasteiger partial charge in [0, 0.05) is 26.2 Å². The van der Waals surface area contributed by atoms with Crippen molar-refractivity contribution in [2.75, 3.05) is 37.7 Å². The second-order valence-electron chi connectivity index (χ2n) is 6.32. The number of carbonyl (C=O) groups excluding carboxylic acids is 1. The molecule has 0 atom stereocenters. The molecule has 7 heteroatoms. The van der Waals surface area contributed by atoms with E-state index in [0.717, 1.165) is 35.1 Å². The van der Waals surface area contributed by atoms with Gasteiger partial charge in [-0.1, -0.05) is 18.2 Å². The topological polar surface area (TPSA) is 61.5 Å². The number of piperazine rings is 1. The van der Waals surface area contributed by atoms with Crippen molar-refractivity contribution in [3.63, 3.8) is 0 Å². The van der Waals surface area contributed by atoms with E-state index in [2.05, 4.69) is 21.2 Å². The number of anilines is 1. The molecule has 1 N–H and O–H groups in total. The number of aromatic amines is 1. The predicted octanol–water partition coefficient (Wildman–Crippen LogP) is 3.50. The van der Waals surface area contributed by atoms with E-state index in [1.807, 2.05) is 47.5 Å². The molecule has 1 aromatic carbocycles. The molecule has 0 radical (unpaired) electrons. The number of nitrogens with one attached hydrogen (secondary N) is 1. The maximum Gasteiger partial charge on any atom is 0.257 e. The standard InChI is InChI=1S/C20H22N4O2S/c1-2-26-17-7-4-3-6-16(17)23-9-11-24(12-10-23)20(25)15-14-21-22-19(15)18-8-5-13-27-18/h3-8,13-14H,2,9-12H2,1H3,(H,21,22). The summed E-state index contributed by atoms with van der Waals surface area (Å²) in [6.07, 6.45) is 1.63. The molecular weight excluding hydrogens is 360 g/mol. The Morgan fingerprint density at radius 3 is 2.74 bits per heavy atom. The first-order chi connectivity index (χ1) is 13.3. The zero-order valence-corrected chi connectivity index (χ0v) is 16.0. The maximum absolute atomic E-state index is 13.0. The molecule has 0 aliphatic carbocycles.